The van der Waals surface area contributed by atoms with Crippen molar-refractivity contribution >= 4 is 0 Å². The summed E-state index contributed by atoms with van der Waals surface area (Å²) in [6, 6.07) is 0. The average molecular weight is 157 g/mol. The Balaban J connectivity index is 1.92. The molecule has 0 radical (unpaired) electrons. The summed E-state index contributed by atoms with van der Waals surface area (Å²) in [6.45, 7) is 7.93. The molecule has 0 bridgehead atoms. The minimum atomic E-state index is 0.0776. The highest BCUT2D eigenvalue weighted by atomic mass is 16.6. The van der Waals surface area contributed by atoms with E-state index >= 15 is 0 Å². The van der Waals surface area contributed by atoms with Crippen LogP contribution in [0.4, 0.5) is 0 Å². The highest BCUT2D eigenvalue weighted by Crippen LogP contribution is 2.25. The van der Waals surface area contributed by atoms with Gasteiger partial charge < -0.3 is 9.47 Å². The second-order valence-electron chi connectivity index (χ2n) is 3.39. The van der Waals surface area contributed by atoms with Crippen LogP contribution in [0, 0.1) is 0 Å². The first-order valence-electron chi connectivity index (χ1n) is 4.29. The van der Waals surface area contributed by atoms with Crippen molar-refractivity contribution in [1.82, 2.24) is 4.90 Å². The van der Waals surface area contributed by atoms with E-state index in [1.54, 1.807) is 0 Å². The number of morpholine rings is 1. The number of hydrogen-bond acceptors (Lipinski definition) is 3. The lowest BCUT2D eigenvalue weighted by Gasteiger charge is -2.47. The Kier molecular flexibility index (Phi) is 1.87. The van der Waals surface area contributed by atoms with Crippen LogP contribution in [0.25, 0.3) is 0 Å². The molecule has 2 fully saturated rings. The molecule has 1 spiro atoms. The van der Waals surface area contributed by atoms with Crippen LogP contribution in [0.5, 0.6) is 0 Å². The van der Waals surface area contributed by atoms with Crippen molar-refractivity contribution in [2.24, 2.45) is 0 Å². The van der Waals surface area contributed by atoms with E-state index in [4.69, 9.17) is 9.47 Å². The summed E-state index contributed by atoms with van der Waals surface area (Å²) in [5.41, 5.74) is 0.0776. The molecule has 0 aromatic heterocycles. The molecule has 11 heavy (non-hydrogen) atoms. The Morgan fingerprint density at radius 3 is 2.82 bits per heavy atom. The Bertz CT molecular complexity index is 145. The van der Waals surface area contributed by atoms with Crippen LogP contribution < -0.4 is 0 Å². The Hall–Kier alpha value is -0.120. The van der Waals surface area contributed by atoms with Crippen LogP contribution in [0.15, 0.2) is 0 Å². The third-order valence-electron chi connectivity index (χ3n) is 2.50. The highest BCUT2D eigenvalue weighted by molar-refractivity contribution is 4.93. The predicted molar refractivity (Wildman–Crippen MR) is 41.6 cm³/mol. The Morgan fingerprint density at radius 2 is 2.27 bits per heavy atom. The maximum atomic E-state index is 5.67. The third kappa shape index (κ3) is 1.28. The zero-order valence-corrected chi connectivity index (χ0v) is 7.01. The van der Waals surface area contributed by atoms with Gasteiger partial charge in [-0.05, 0) is 6.54 Å². The predicted octanol–water partition coefficient (Wildman–Crippen LogP) is 0.107. The van der Waals surface area contributed by atoms with E-state index in [0.29, 0.717) is 0 Å². The lowest BCUT2D eigenvalue weighted by Crippen LogP contribution is -2.62. The molecule has 2 saturated heterocycles. The molecule has 64 valence electrons. The smallest absolute Gasteiger partial charge is 0.127 e. The van der Waals surface area contributed by atoms with Crippen molar-refractivity contribution in [3.05, 3.63) is 0 Å². The van der Waals surface area contributed by atoms with Crippen molar-refractivity contribution < 1.29 is 9.47 Å². The monoisotopic (exact) mass is 157 g/mol. The zero-order valence-electron chi connectivity index (χ0n) is 7.01. The van der Waals surface area contributed by atoms with Gasteiger partial charge in [-0.3, -0.25) is 4.90 Å². The van der Waals surface area contributed by atoms with Crippen molar-refractivity contribution in [2.45, 2.75) is 12.5 Å². The summed E-state index contributed by atoms with van der Waals surface area (Å²) in [5, 5.41) is 0. The van der Waals surface area contributed by atoms with Gasteiger partial charge in [0.05, 0.1) is 19.8 Å². The molecule has 0 aromatic carbocycles. The summed E-state index contributed by atoms with van der Waals surface area (Å²) in [7, 11) is 0. The molecule has 0 amide bonds. The Labute approximate surface area is 67.3 Å². The van der Waals surface area contributed by atoms with E-state index in [0.717, 1.165) is 39.5 Å². The van der Waals surface area contributed by atoms with Crippen LogP contribution in [0.1, 0.15) is 6.92 Å². The first-order valence-corrected chi connectivity index (χ1v) is 4.29. The molecule has 3 nitrogen and oxygen atoms in total. The quantitative estimate of drug-likeness (QED) is 0.539. The van der Waals surface area contributed by atoms with Gasteiger partial charge in [0.15, 0.2) is 0 Å². The normalized spacial score (nSPS) is 30.3. The molecule has 0 aromatic rings. The highest BCUT2D eigenvalue weighted by Gasteiger charge is 2.43. The first-order chi connectivity index (χ1) is 5.35. The van der Waals surface area contributed by atoms with Gasteiger partial charge in [-0.15, -0.1) is 0 Å². The number of likely N-dealkylation sites (N-methyl/N-ethyl adjacent to an activating group) is 1. The van der Waals surface area contributed by atoms with Gasteiger partial charge in [-0.25, -0.2) is 0 Å². The lowest BCUT2D eigenvalue weighted by atomic mass is 10.00. The largest absolute Gasteiger partial charge is 0.375 e. The van der Waals surface area contributed by atoms with Crippen LogP contribution in [0.3, 0.4) is 0 Å². The lowest BCUT2D eigenvalue weighted by molar-refractivity contribution is -0.237. The zero-order chi connectivity index (χ0) is 7.73. The SMILES string of the molecule is CCN1CCOC2(COC2)C1. The second-order valence-corrected chi connectivity index (χ2v) is 3.39. The van der Waals surface area contributed by atoms with Crippen LogP contribution in [-0.4, -0.2) is 50.0 Å². The van der Waals surface area contributed by atoms with Gasteiger partial charge in [0.1, 0.15) is 5.60 Å². The van der Waals surface area contributed by atoms with Crippen molar-refractivity contribution in [1.29, 1.82) is 0 Å². The summed E-state index contributed by atoms with van der Waals surface area (Å²) >= 11 is 0. The molecular weight excluding hydrogens is 142 g/mol. The topological polar surface area (TPSA) is 21.7 Å². The molecule has 0 N–H and O–H groups in total. The van der Waals surface area contributed by atoms with Gasteiger partial charge in [0.2, 0.25) is 0 Å². The van der Waals surface area contributed by atoms with Crippen molar-refractivity contribution in [2.75, 3.05) is 39.5 Å². The molecule has 0 unspecified atom stereocenters. The fourth-order valence-electron chi connectivity index (χ4n) is 1.70. The van der Waals surface area contributed by atoms with Gasteiger partial charge in [0.25, 0.3) is 0 Å². The maximum absolute atomic E-state index is 5.67. The van der Waals surface area contributed by atoms with E-state index in [1.165, 1.54) is 0 Å². The fraction of sp³-hybridized carbons (Fsp3) is 1.00. The number of nitrogens with zero attached hydrogens (tertiary/aromatic N) is 1. The molecule has 2 aliphatic heterocycles. The van der Waals surface area contributed by atoms with Gasteiger partial charge in [-0.1, -0.05) is 6.92 Å². The molecule has 0 saturated carbocycles. The van der Waals surface area contributed by atoms with Crippen molar-refractivity contribution in [3.8, 4) is 0 Å². The molecule has 0 atom stereocenters. The van der Waals surface area contributed by atoms with Crippen molar-refractivity contribution in [3.63, 3.8) is 0 Å². The molecule has 2 rings (SSSR count). The van der Waals surface area contributed by atoms with E-state index in [2.05, 4.69) is 11.8 Å². The molecule has 2 aliphatic rings. The van der Waals surface area contributed by atoms with Gasteiger partial charge >= 0.3 is 0 Å². The van der Waals surface area contributed by atoms with Gasteiger partial charge in [-0.2, -0.15) is 0 Å². The molecule has 0 aliphatic carbocycles. The summed E-state index contributed by atoms with van der Waals surface area (Å²) in [6.07, 6.45) is 0. The number of ether oxygens (including phenoxy) is 2. The summed E-state index contributed by atoms with van der Waals surface area (Å²) in [5.74, 6) is 0. The van der Waals surface area contributed by atoms with Gasteiger partial charge in [0, 0.05) is 13.1 Å². The molecule has 3 heteroatoms. The van der Waals surface area contributed by atoms with Crippen LogP contribution >= 0.6 is 0 Å². The fourth-order valence-corrected chi connectivity index (χ4v) is 1.70. The van der Waals surface area contributed by atoms with Crippen LogP contribution in [-0.2, 0) is 9.47 Å². The maximum Gasteiger partial charge on any atom is 0.127 e. The minimum Gasteiger partial charge on any atom is -0.375 e. The van der Waals surface area contributed by atoms with E-state index < -0.39 is 0 Å². The van der Waals surface area contributed by atoms with Crippen LogP contribution in [0.2, 0.25) is 0 Å². The summed E-state index contributed by atoms with van der Waals surface area (Å²) in [4.78, 5) is 2.42. The number of hydrogen-bond donors (Lipinski definition) is 0. The molecular formula is C8H15NO2. The number of rotatable bonds is 1. The van der Waals surface area contributed by atoms with E-state index in [-0.39, 0.29) is 5.60 Å². The summed E-state index contributed by atoms with van der Waals surface area (Å²) < 4.78 is 10.8. The minimum absolute atomic E-state index is 0.0776. The van der Waals surface area contributed by atoms with E-state index in [9.17, 15) is 0 Å². The first kappa shape index (κ1) is 7.53. The third-order valence-corrected chi connectivity index (χ3v) is 2.50. The standard InChI is InChI=1S/C8H15NO2/c1-2-9-3-4-11-8(5-9)6-10-7-8/h2-7H2,1H3. The average Bonchev–Trinajstić information content (AvgIpc) is 2.02. The molecule has 2 heterocycles. The Morgan fingerprint density at radius 1 is 1.45 bits per heavy atom. The second kappa shape index (κ2) is 2.73. The van der Waals surface area contributed by atoms with E-state index in [1.807, 2.05) is 0 Å².